The summed E-state index contributed by atoms with van der Waals surface area (Å²) in [7, 11) is 0. The van der Waals surface area contributed by atoms with Crippen molar-refractivity contribution in [1.29, 1.82) is 0 Å². The van der Waals surface area contributed by atoms with Gasteiger partial charge in [-0.1, -0.05) is 11.6 Å². The predicted molar refractivity (Wildman–Crippen MR) is 80.9 cm³/mol. The van der Waals surface area contributed by atoms with Crippen LogP contribution in [0.2, 0.25) is 5.02 Å². The minimum atomic E-state index is -0.803. The second-order valence-electron chi connectivity index (χ2n) is 4.13. The van der Waals surface area contributed by atoms with Gasteiger partial charge in [0.05, 0.1) is 13.2 Å². The van der Waals surface area contributed by atoms with Gasteiger partial charge < -0.3 is 9.47 Å². The summed E-state index contributed by atoms with van der Waals surface area (Å²) in [4.78, 5) is 27.9. The van der Waals surface area contributed by atoms with E-state index >= 15 is 0 Å². The standard InChI is InChI=1S/C15H18ClNO4/c1-4-20-14(17-10(3)15(19)21-5-2)13(18)11-6-8-12(16)9-7-11/h6-10H,4-5H2,1-3H3/b17-14+. The van der Waals surface area contributed by atoms with Gasteiger partial charge in [0.25, 0.3) is 5.90 Å². The van der Waals surface area contributed by atoms with Crippen molar-refractivity contribution in [2.45, 2.75) is 26.8 Å². The van der Waals surface area contributed by atoms with E-state index in [4.69, 9.17) is 21.1 Å². The first-order valence-electron chi connectivity index (χ1n) is 6.67. The molecule has 0 aliphatic heterocycles. The summed E-state index contributed by atoms with van der Waals surface area (Å²) >= 11 is 5.78. The van der Waals surface area contributed by atoms with Crippen molar-refractivity contribution in [3.05, 3.63) is 34.9 Å². The first kappa shape index (κ1) is 17.2. The van der Waals surface area contributed by atoms with E-state index < -0.39 is 17.8 Å². The lowest BCUT2D eigenvalue weighted by molar-refractivity contribution is -0.144. The van der Waals surface area contributed by atoms with Crippen LogP contribution in [0.5, 0.6) is 0 Å². The Morgan fingerprint density at radius 3 is 2.24 bits per heavy atom. The Kier molecular flexibility index (Phi) is 6.88. The molecule has 1 aromatic rings. The number of rotatable bonds is 6. The van der Waals surface area contributed by atoms with E-state index in [1.54, 1.807) is 45.0 Å². The highest BCUT2D eigenvalue weighted by molar-refractivity contribution is 6.43. The quantitative estimate of drug-likeness (QED) is 0.351. The highest BCUT2D eigenvalue weighted by Crippen LogP contribution is 2.11. The number of esters is 1. The molecule has 5 nitrogen and oxygen atoms in total. The van der Waals surface area contributed by atoms with Crippen molar-refractivity contribution in [1.82, 2.24) is 0 Å². The van der Waals surface area contributed by atoms with Gasteiger partial charge in [0.15, 0.2) is 0 Å². The number of benzene rings is 1. The molecule has 0 radical (unpaired) electrons. The predicted octanol–water partition coefficient (Wildman–Crippen LogP) is 2.91. The van der Waals surface area contributed by atoms with E-state index in [2.05, 4.69) is 4.99 Å². The molecule has 1 rings (SSSR count). The zero-order chi connectivity index (χ0) is 15.8. The van der Waals surface area contributed by atoms with Crippen LogP contribution in [-0.4, -0.2) is 36.9 Å². The van der Waals surface area contributed by atoms with Gasteiger partial charge in [0.1, 0.15) is 6.04 Å². The SMILES string of the molecule is CCOC(=O)C(C)/N=C(/OCC)C(=O)c1ccc(Cl)cc1. The zero-order valence-electron chi connectivity index (χ0n) is 12.3. The van der Waals surface area contributed by atoms with Crippen molar-refractivity contribution in [2.24, 2.45) is 4.99 Å². The highest BCUT2D eigenvalue weighted by Gasteiger charge is 2.20. The molecule has 114 valence electrons. The number of aliphatic imine (C=N–C) groups is 1. The average molecular weight is 312 g/mol. The maximum atomic E-state index is 12.3. The summed E-state index contributed by atoms with van der Waals surface area (Å²) in [6, 6.07) is 5.56. The second kappa shape index (κ2) is 8.42. The number of nitrogens with zero attached hydrogens (tertiary/aromatic N) is 1. The van der Waals surface area contributed by atoms with Crippen molar-refractivity contribution in [3.8, 4) is 0 Å². The molecule has 0 spiro atoms. The third-order valence-electron chi connectivity index (χ3n) is 2.52. The topological polar surface area (TPSA) is 65.0 Å². The summed E-state index contributed by atoms with van der Waals surface area (Å²) in [5.74, 6) is -1.01. The van der Waals surface area contributed by atoms with Crippen LogP contribution in [0.1, 0.15) is 31.1 Å². The van der Waals surface area contributed by atoms with Crippen LogP contribution in [0.25, 0.3) is 0 Å². The summed E-state index contributed by atoms with van der Waals surface area (Å²) in [6.07, 6.45) is 0. The maximum Gasteiger partial charge on any atom is 0.330 e. The summed E-state index contributed by atoms with van der Waals surface area (Å²) in [6.45, 7) is 5.52. The Morgan fingerprint density at radius 1 is 1.14 bits per heavy atom. The molecule has 1 unspecified atom stereocenters. The molecule has 0 bridgehead atoms. The minimum Gasteiger partial charge on any atom is -0.475 e. The lowest BCUT2D eigenvalue weighted by Gasteiger charge is -2.10. The van der Waals surface area contributed by atoms with Crippen LogP contribution in [0.15, 0.2) is 29.3 Å². The van der Waals surface area contributed by atoms with Gasteiger partial charge in [0, 0.05) is 10.6 Å². The molecule has 0 aromatic heterocycles. The fourth-order valence-electron chi connectivity index (χ4n) is 1.51. The van der Waals surface area contributed by atoms with E-state index in [-0.39, 0.29) is 19.1 Å². The van der Waals surface area contributed by atoms with Crippen molar-refractivity contribution in [3.63, 3.8) is 0 Å². The molecule has 1 atom stereocenters. The number of hydrogen-bond donors (Lipinski definition) is 0. The lowest BCUT2D eigenvalue weighted by atomic mass is 10.1. The number of halogens is 1. The van der Waals surface area contributed by atoms with Gasteiger partial charge in [-0.05, 0) is 45.0 Å². The molecule has 0 amide bonds. The van der Waals surface area contributed by atoms with Gasteiger partial charge in [-0.3, -0.25) is 4.79 Å². The van der Waals surface area contributed by atoms with E-state index in [0.717, 1.165) is 0 Å². The first-order valence-corrected chi connectivity index (χ1v) is 7.04. The largest absolute Gasteiger partial charge is 0.475 e. The Morgan fingerprint density at radius 2 is 1.71 bits per heavy atom. The normalized spacial score (nSPS) is 12.7. The fraction of sp³-hybridized carbons (Fsp3) is 0.400. The molecule has 0 N–H and O–H groups in total. The van der Waals surface area contributed by atoms with Crippen LogP contribution in [0, 0.1) is 0 Å². The number of carbonyl (C=O) groups is 2. The first-order chi connectivity index (χ1) is 9.99. The Bertz CT molecular complexity index is 525. The van der Waals surface area contributed by atoms with Crippen molar-refractivity contribution >= 4 is 29.3 Å². The second-order valence-corrected chi connectivity index (χ2v) is 4.57. The molecule has 21 heavy (non-hydrogen) atoms. The van der Waals surface area contributed by atoms with Crippen LogP contribution >= 0.6 is 11.6 Å². The average Bonchev–Trinajstić information content (AvgIpc) is 2.47. The van der Waals surface area contributed by atoms with Crippen molar-refractivity contribution in [2.75, 3.05) is 13.2 Å². The van der Waals surface area contributed by atoms with Crippen LogP contribution in [-0.2, 0) is 14.3 Å². The van der Waals surface area contributed by atoms with Gasteiger partial charge in [-0.15, -0.1) is 0 Å². The molecule has 0 saturated carbocycles. The Hall–Kier alpha value is -1.88. The molecule has 0 aliphatic rings. The number of hydrogen-bond acceptors (Lipinski definition) is 5. The Balaban J connectivity index is 2.97. The molecule has 0 fully saturated rings. The fourth-order valence-corrected chi connectivity index (χ4v) is 1.64. The third kappa shape index (κ3) is 5.19. The summed E-state index contributed by atoms with van der Waals surface area (Å²) < 4.78 is 10.1. The van der Waals surface area contributed by atoms with Crippen LogP contribution in [0.4, 0.5) is 0 Å². The molecule has 0 saturated heterocycles. The molecule has 6 heteroatoms. The summed E-state index contributed by atoms with van der Waals surface area (Å²) in [5, 5.41) is 0.529. The minimum absolute atomic E-state index is 0.111. The molecule has 0 heterocycles. The lowest BCUT2D eigenvalue weighted by Crippen LogP contribution is -2.25. The third-order valence-corrected chi connectivity index (χ3v) is 2.77. The van der Waals surface area contributed by atoms with Gasteiger partial charge in [0.2, 0.25) is 5.78 Å². The number of carbonyl (C=O) groups excluding carboxylic acids is 2. The number of ether oxygens (including phenoxy) is 2. The monoisotopic (exact) mass is 311 g/mol. The molecule has 0 aliphatic carbocycles. The molecule has 1 aromatic carbocycles. The van der Waals surface area contributed by atoms with Crippen LogP contribution < -0.4 is 0 Å². The van der Waals surface area contributed by atoms with Crippen LogP contribution in [0.3, 0.4) is 0 Å². The van der Waals surface area contributed by atoms with E-state index in [1.807, 2.05) is 0 Å². The van der Waals surface area contributed by atoms with Gasteiger partial charge in [-0.2, -0.15) is 0 Å². The van der Waals surface area contributed by atoms with E-state index in [1.165, 1.54) is 0 Å². The molecular weight excluding hydrogens is 294 g/mol. The van der Waals surface area contributed by atoms with Gasteiger partial charge in [-0.25, -0.2) is 9.79 Å². The smallest absolute Gasteiger partial charge is 0.330 e. The van der Waals surface area contributed by atoms with Gasteiger partial charge >= 0.3 is 5.97 Å². The Labute approximate surface area is 128 Å². The maximum absolute atomic E-state index is 12.3. The number of Topliss-reactive ketones (excluding diaryl/α,β-unsaturated/α-hetero) is 1. The highest BCUT2D eigenvalue weighted by atomic mass is 35.5. The zero-order valence-corrected chi connectivity index (χ0v) is 13.0. The molecular formula is C15H18ClNO4. The van der Waals surface area contributed by atoms with E-state index in [0.29, 0.717) is 10.6 Å². The van der Waals surface area contributed by atoms with Crippen molar-refractivity contribution < 1.29 is 19.1 Å². The van der Waals surface area contributed by atoms with E-state index in [9.17, 15) is 9.59 Å². The number of ketones is 1. The summed E-state index contributed by atoms with van der Waals surface area (Å²) in [5.41, 5.74) is 0.391.